The fourth-order valence-electron chi connectivity index (χ4n) is 1.99. The van der Waals surface area contributed by atoms with Gasteiger partial charge in [0.1, 0.15) is 0 Å². The van der Waals surface area contributed by atoms with E-state index >= 15 is 0 Å². The van der Waals surface area contributed by atoms with Crippen LogP contribution in [0.1, 0.15) is 24.1 Å². The van der Waals surface area contributed by atoms with Crippen LogP contribution in [0.25, 0.3) is 0 Å². The largest absolute Gasteiger partial charge is 0.351 e. The average Bonchev–Trinajstić information content (AvgIpc) is 2.84. The summed E-state index contributed by atoms with van der Waals surface area (Å²) in [5.41, 5.74) is 5.78. The Kier molecular flexibility index (Phi) is 3.38. The fourth-order valence-corrected chi connectivity index (χ4v) is 2.63. The van der Waals surface area contributed by atoms with Gasteiger partial charge in [-0.25, -0.2) is 0 Å². The van der Waals surface area contributed by atoms with Gasteiger partial charge in [-0.05, 0) is 30.7 Å². The molecule has 3 N–H and O–H groups in total. The second-order valence-electron chi connectivity index (χ2n) is 4.07. The summed E-state index contributed by atoms with van der Waals surface area (Å²) in [7, 11) is 0. The summed E-state index contributed by atoms with van der Waals surface area (Å²) < 4.78 is 0. The zero-order valence-electron chi connectivity index (χ0n) is 8.61. The van der Waals surface area contributed by atoms with E-state index in [-0.39, 0.29) is 17.9 Å². The van der Waals surface area contributed by atoms with E-state index in [9.17, 15) is 4.79 Å². The van der Waals surface area contributed by atoms with E-state index < -0.39 is 0 Å². The molecule has 1 saturated carbocycles. The van der Waals surface area contributed by atoms with Crippen LogP contribution in [0.5, 0.6) is 0 Å². The minimum Gasteiger partial charge on any atom is -0.351 e. The molecule has 0 aliphatic heterocycles. The molecule has 82 valence electrons. The van der Waals surface area contributed by atoms with Gasteiger partial charge in [0.05, 0.1) is 6.54 Å². The lowest BCUT2D eigenvalue weighted by Gasteiger charge is -2.09. The fraction of sp³-hybridized carbons (Fsp3) is 0.545. The predicted molar refractivity (Wildman–Crippen MR) is 61.5 cm³/mol. The molecular formula is C11H16N2OS. The van der Waals surface area contributed by atoms with Gasteiger partial charge in [-0.1, -0.05) is 6.07 Å². The van der Waals surface area contributed by atoms with E-state index in [0.717, 1.165) is 19.3 Å². The minimum atomic E-state index is 0.139. The minimum absolute atomic E-state index is 0.139. The maximum Gasteiger partial charge on any atom is 0.223 e. The predicted octanol–water partition coefficient (Wildman–Crippen LogP) is 1.49. The topological polar surface area (TPSA) is 55.1 Å². The Morgan fingerprint density at radius 1 is 1.60 bits per heavy atom. The molecule has 2 rings (SSSR count). The van der Waals surface area contributed by atoms with Crippen molar-refractivity contribution in [3.8, 4) is 0 Å². The second-order valence-corrected chi connectivity index (χ2v) is 5.10. The van der Waals surface area contributed by atoms with E-state index in [1.54, 1.807) is 11.3 Å². The standard InChI is InChI=1S/C11H16N2OS/c12-9-4-3-8(6-9)11(14)13-7-10-2-1-5-15-10/h1-2,5,8-9H,3-4,6-7,12H2,(H,13,14). The van der Waals surface area contributed by atoms with Crippen LogP contribution in [-0.4, -0.2) is 11.9 Å². The Hall–Kier alpha value is -0.870. The molecule has 1 amide bonds. The highest BCUT2D eigenvalue weighted by Gasteiger charge is 2.27. The summed E-state index contributed by atoms with van der Waals surface area (Å²) in [6.45, 7) is 0.655. The summed E-state index contributed by atoms with van der Waals surface area (Å²) in [6.07, 6.45) is 2.77. The van der Waals surface area contributed by atoms with Crippen LogP contribution in [0.4, 0.5) is 0 Å². The molecule has 0 radical (unpaired) electrons. The van der Waals surface area contributed by atoms with Gasteiger partial charge in [-0.2, -0.15) is 0 Å². The van der Waals surface area contributed by atoms with Crippen LogP contribution in [-0.2, 0) is 11.3 Å². The first kappa shape index (κ1) is 10.6. The molecule has 4 heteroatoms. The third-order valence-electron chi connectivity index (χ3n) is 2.86. The van der Waals surface area contributed by atoms with Crippen LogP contribution in [0, 0.1) is 5.92 Å². The summed E-state index contributed by atoms with van der Waals surface area (Å²) in [5.74, 6) is 0.302. The molecule has 15 heavy (non-hydrogen) atoms. The highest BCUT2D eigenvalue weighted by molar-refractivity contribution is 7.09. The lowest BCUT2D eigenvalue weighted by molar-refractivity contribution is -0.124. The third-order valence-corrected chi connectivity index (χ3v) is 3.74. The summed E-state index contributed by atoms with van der Waals surface area (Å²) in [4.78, 5) is 12.9. The summed E-state index contributed by atoms with van der Waals surface area (Å²) in [6, 6.07) is 4.26. The Bertz CT molecular complexity index is 323. The molecule has 0 bridgehead atoms. The van der Waals surface area contributed by atoms with E-state index in [1.165, 1.54) is 4.88 Å². The van der Waals surface area contributed by atoms with E-state index in [0.29, 0.717) is 6.54 Å². The smallest absolute Gasteiger partial charge is 0.223 e. The molecule has 1 aliphatic rings. The second kappa shape index (κ2) is 4.77. The van der Waals surface area contributed by atoms with Gasteiger partial charge in [0, 0.05) is 16.8 Å². The number of carbonyl (C=O) groups excluding carboxylic acids is 1. The van der Waals surface area contributed by atoms with E-state index in [1.807, 2.05) is 17.5 Å². The lowest BCUT2D eigenvalue weighted by atomic mass is 10.1. The first-order chi connectivity index (χ1) is 7.25. The Labute approximate surface area is 93.7 Å². The van der Waals surface area contributed by atoms with Crippen LogP contribution < -0.4 is 11.1 Å². The Balaban J connectivity index is 1.78. The molecule has 1 aromatic rings. The number of nitrogens with one attached hydrogen (secondary N) is 1. The molecule has 1 heterocycles. The van der Waals surface area contributed by atoms with Crippen molar-refractivity contribution in [2.24, 2.45) is 11.7 Å². The van der Waals surface area contributed by atoms with Crippen molar-refractivity contribution in [3.05, 3.63) is 22.4 Å². The highest BCUT2D eigenvalue weighted by Crippen LogP contribution is 2.24. The average molecular weight is 224 g/mol. The molecule has 2 atom stereocenters. The maximum absolute atomic E-state index is 11.7. The lowest BCUT2D eigenvalue weighted by Crippen LogP contribution is -2.29. The molecule has 1 aromatic heterocycles. The van der Waals surface area contributed by atoms with Crippen LogP contribution >= 0.6 is 11.3 Å². The van der Waals surface area contributed by atoms with E-state index in [2.05, 4.69) is 5.32 Å². The SMILES string of the molecule is NC1CCC(C(=O)NCc2cccs2)C1. The van der Waals surface area contributed by atoms with Crippen molar-refractivity contribution in [1.29, 1.82) is 0 Å². The third kappa shape index (κ3) is 2.79. The quantitative estimate of drug-likeness (QED) is 0.817. The summed E-state index contributed by atoms with van der Waals surface area (Å²) in [5, 5.41) is 4.98. The van der Waals surface area contributed by atoms with Crippen molar-refractivity contribution >= 4 is 17.2 Å². The molecular weight excluding hydrogens is 208 g/mol. The number of thiophene rings is 1. The Morgan fingerprint density at radius 3 is 3.07 bits per heavy atom. The first-order valence-electron chi connectivity index (χ1n) is 5.31. The van der Waals surface area contributed by atoms with Crippen molar-refractivity contribution in [2.45, 2.75) is 31.8 Å². The molecule has 2 unspecified atom stereocenters. The molecule has 1 aliphatic carbocycles. The first-order valence-corrected chi connectivity index (χ1v) is 6.19. The molecule has 0 spiro atoms. The van der Waals surface area contributed by atoms with Gasteiger partial charge in [0.25, 0.3) is 0 Å². The maximum atomic E-state index is 11.7. The van der Waals surface area contributed by atoms with Gasteiger partial charge >= 0.3 is 0 Å². The van der Waals surface area contributed by atoms with Crippen molar-refractivity contribution in [1.82, 2.24) is 5.32 Å². The van der Waals surface area contributed by atoms with Gasteiger partial charge < -0.3 is 11.1 Å². The molecule has 0 saturated heterocycles. The number of hydrogen-bond donors (Lipinski definition) is 2. The molecule has 3 nitrogen and oxygen atoms in total. The highest BCUT2D eigenvalue weighted by atomic mass is 32.1. The van der Waals surface area contributed by atoms with Crippen LogP contribution in [0.15, 0.2) is 17.5 Å². The van der Waals surface area contributed by atoms with Gasteiger partial charge in [0.2, 0.25) is 5.91 Å². The van der Waals surface area contributed by atoms with Crippen molar-refractivity contribution in [2.75, 3.05) is 0 Å². The molecule has 0 aromatic carbocycles. The van der Waals surface area contributed by atoms with Crippen LogP contribution in [0.2, 0.25) is 0 Å². The van der Waals surface area contributed by atoms with Crippen LogP contribution in [0.3, 0.4) is 0 Å². The van der Waals surface area contributed by atoms with Crippen molar-refractivity contribution < 1.29 is 4.79 Å². The number of amides is 1. The van der Waals surface area contributed by atoms with Gasteiger partial charge in [-0.15, -0.1) is 11.3 Å². The van der Waals surface area contributed by atoms with E-state index in [4.69, 9.17) is 5.73 Å². The van der Waals surface area contributed by atoms with Crippen molar-refractivity contribution in [3.63, 3.8) is 0 Å². The monoisotopic (exact) mass is 224 g/mol. The van der Waals surface area contributed by atoms with Gasteiger partial charge in [-0.3, -0.25) is 4.79 Å². The zero-order valence-corrected chi connectivity index (χ0v) is 9.43. The number of rotatable bonds is 3. The van der Waals surface area contributed by atoms with Gasteiger partial charge in [0.15, 0.2) is 0 Å². The normalized spacial score (nSPS) is 25.4. The number of nitrogens with two attached hydrogens (primary N) is 1. The summed E-state index contributed by atoms with van der Waals surface area (Å²) >= 11 is 1.67. The number of carbonyl (C=O) groups is 1. The molecule has 1 fully saturated rings. The Morgan fingerprint density at radius 2 is 2.47 bits per heavy atom. The number of hydrogen-bond acceptors (Lipinski definition) is 3. The zero-order chi connectivity index (χ0) is 10.7.